The first-order chi connectivity index (χ1) is 21.6. The molecular formula is C31H35F6N4O5P. The Labute approximate surface area is 268 Å². The number of hydrogen-bond acceptors (Lipinski definition) is 6. The third-order valence-electron chi connectivity index (χ3n) is 8.29. The molecule has 1 fully saturated rings. The molecule has 1 atom stereocenters. The van der Waals surface area contributed by atoms with E-state index in [-0.39, 0.29) is 24.5 Å². The molecule has 1 amide bonds. The Bertz CT molecular complexity index is 1640. The average Bonchev–Trinajstić information content (AvgIpc) is 2.98. The lowest BCUT2D eigenvalue weighted by Gasteiger charge is -2.40. The van der Waals surface area contributed by atoms with E-state index in [0.717, 1.165) is 11.1 Å². The molecule has 1 aliphatic rings. The van der Waals surface area contributed by atoms with Gasteiger partial charge >= 0.3 is 20.2 Å². The fraction of sp³-hybridized carbons (Fsp3) is 0.419. The van der Waals surface area contributed by atoms with Crippen molar-refractivity contribution in [2.24, 2.45) is 0 Å². The van der Waals surface area contributed by atoms with E-state index < -0.39 is 48.2 Å². The first kappa shape index (κ1) is 36.3. The molecule has 9 nitrogen and oxygen atoms in total. The summed E-state index contributed by atoms with van der Waals surface area (Å²) >= 11 is 0. The largest absolute Gasteiger partial charge is 0.470 e. The summed E-state index contributed by atoms with van der Waals surface area (Å²) in [7, 11) is -3.26. The molecule has 16 heteroatoms. The van der Waals surface area contributed by atoms with Crippen LogP contribution in [0.25, 0.3) is 11.1 Å². The molecule has 0 saturated carbocycles. The van der Waals surface area contributed by atoms with E-state index in [2.05, 4.69) is 9.51 Å². The first-order valence-electron chi connectivity index (χ1n) is 14.4. The van der Waals surface area contributed by atoms with Crippen molar-refractivity contribution < 1.29 is 50.0 Å². The highest BCUT2D eigenvalue weighted by Crippen LogP contribution is 2.41. The molecule has 0 spiro atoms. The number of aryl methyl sites for hydroxylation is 1. The van der Waals surface area contributed by atoms with E-state index in [9.17, 15) is 35.7 Å². The Hall–Kier alpha value is -3.49. The third kappa shape index (κ3) is 8.33. The second kappa shape index (κ2) is 13.2. The van der Waals surface area contributed by atoms with Gasteiger partial charge in [-0.2, -0.15) is 26.3 Å². The van der Waals surface area contributed by atoms with E-state index >= 15 is 0 Å². The molecule has 2 N–H and O–H groups in total. The van der Waals surface area contributed by atoms with Crippen molar-refractivity contribution in [3.63, 3.8) is 0 Å². The molecule has 1 aromatic heterocycles. The van der Waals surface area contributed by atoms with Gasteiger partial charge in [0, 0.05) is 38.3 Å². The number of likely N-dealkylation sites (N-methyl/N-ethyl adjacent to an activating group) is 1. The predicted octanol–water partition coefficient (Wildman–Crippen LogP) is 6.61. The zero-order valence-corrected chi connectivity index (χ0v) is 27.1. The SMILES string of the molecule is Cc1ccccc1-c1cc(N2CCN(COP(=O)(O)O)C(C)C2)ncc1N(C)C(=O)C(C)(C)c1cc(C(F)(F)F)cc(C(F)(F)F)c1. The normalized spacial score (nSPS) is 16.8. The molecule has 0 radical (unpaired) electrons. The summed E-state index contributed by atoms with van der Waals surface area (Å²) in [6.45, 7) is 7.23. The van der Waals surface area contributed by atoms with Gasteiger partial charge in [-0.25, -0.2) is 9.55 Å². The minimum Gasteiger partial charge on any atom is -0.354 e. The van der Waals surface area contributed by atoms with E-state index in [4.69, 9.17) is 9.79 Å². The molecule has 1 aliphatic heterocycles. The van der Waals surface area contributed by atoms with E-state index in [1.165, 1.54) is 32.0 Å². The topological polar surface area (TPSA) is 106 Å². The van der Waals surface area contributed by atoms with Crippen molar-refractivity contribution in [2.75, 3.05) is 43.2 Å². The molecule has 2 heterocycles. The van der Waals surface area contributed by atoms with Crippen LogP contribution in [0.5, 0.6) is 0 Å². The number of halogens is 6. The van der Waals surface area contributed by atoms with E-state index in [0.29, 0.717) is 43.1 Å². The third-order valence-corrected chi connectivity index (χ3v) is 8.75. The van der Waals surface area contributed by atoms with Gasteiger partial charge in [0.15, 0.2) is 0 Å². The van der Waals surface area contributed by atoms with Crippen LogP contribution in [0.3, 0.4) is 0 Å². The van der Waals surface area contributed by atoms with Crippen LogP contribution in [-0.2, 0) is 31.7 Å². The predicted molar refractivity (Wildman–Crippen MR) is 164 cm³/mol. The number of carbonyl (C=O) groups excluding carboxylic acids is 1. The number of nitrogens with zero attached hydrogens (tertiary/aromatic N) is 4. The van der Waals surface area contributed by atoms with Gasteiger partial charge in [0.1, 0.15) is 12.5 Å². The maximum atomic E-state index is 14.0. The molecule has 47 heavy (non-hydrogen) atoms. The Morgan fingerprint density at radius 2 is 1.55 bits per heavy atom. The first-order valence-corrected chi connectivity index (χ1v) is 16.0. The number of phosphoric acid groups is 1. The van der Waals surface area contributed by atoms with Gasteiger partial charge in [-0.05, 0) is 68.7 Å². The van der Waals surface area contributed by atoms with Crippen molar-refractivity contribution in [3.8, 4) is 11.1 Å². The smallest absolute Gasteiger partial charge is 0.354 e. The van der Waals surface area contributed by atoms with Crippen LogP contribution in [0.1, 0.15) is 43.0 Å². The number of phosphoric ester groups is 1. The number of alkyl halides is 6. The lowest BCUT2D eigenvalue weighted by atomic mass is 9.81. The van der Waals surface area contributed by atoms with Crippen LogP contribution in [0.2, 0.25) is 0 Å². The molecule has 1 saturated heterocycles. The minimum absolute atomic E-state index is 0.0259. The van der Waals surface area contributed by atoms with Crippen LogP contribution in [0.15, 0.2) is 54.7 Å². The van der Waals surface area contributed by atoms with Gasteiger partial charge in [0.25, 0.3) is 0 Å². The zero-order valence-electron chi connectivity index (χ0n) is 26.2. The number of aromatic nitrogens is 1. The van der Waals surface area contributed by atoms with Crippen LogP contribution < -0.4 is 9.80 Å². The minimum atomic E-state index is -5.07. The highest BCUT2D eigenvalue weighted by Gasteiger charge is 2.41. The zero-order chi connectivity index (χ0) is 35.1. The number of rotatable bonds is 8. The Morgan fingerprint density at radius 1 is 0.979 bits per heavy atom. The van der Waals surface area contributed by atoms with Crippen molar-refractivity contribution in [1.82, 2.24) is 9.88 Å². The molecule has 256 valence electrons. The number of benzene rings is 2. The summed E-state index contributed by atoms with van der Waals surface area (Å²) in [5.74, 6) is -0.233. The number of carbonyl (C=O) groups is 1. The van der Waals surface area contributed by atoms with Crippen LogP contribution in [0.4, 0.5) is 37.8 Å². The molecule has 2 aromatic carbocycles. The number of pyridine rings is 1. The van der Waals surface area contributed by atoms with Crippen LogP contribution in [-0.4, -0.2) is 65.0 Å². The standard InChI is InChI=1S/C31H35F6N4O5P/c1-19-8-6-7-9-24(19)25-15-27(40-10-11-41(20(2)17-40)18-46-47(43,44)45)38-16-26(25)39(5)28(42)29(3,4)21-12-22(30(32,33)34)14-23(13-21)31(35,36)37/h6-9,12-16,20H,10-11,17-18H2,1-5H3,(H2,43,44,45). The Morgan fingerprint density at radius 3 is 2.09 bits per heavy atom. The summed E-state index contributed by atoms with van der Waals surface area (Å²) in [6.07, 6.45) is -8.71. The summed E-state index contributed by atoms with van der Waals surface area (Å²) in [4.78, 5) is 41.6. The molecule has 0 bridgehead atoms. The van der Waals surface area contributed by atoms with Gasteiger partial charge in [-0.1, -0.05) is 24.3 Å². The van der Waals surface area contributed by atoms with Gasteiger partial charge in [-0.3, -0.25) is 14.2 Å². The second-order valence-electron chi connectivity index (χ2n) is 12.0. The van der Waals surface area contributed by atoms with Crippen molar-refractivity contribution in [1.29, 1.82) is 0 Å². The van der Waals surface area contributed by atoms with Crippen LogP contribution in [0, 0.1) is 6.92 Å². The highest BCUT2D eigenvalue weighted by atomic mass is 31.2. The fourth-order valence-corrected chi connectivity index (χ4v) is 5.78. The Kier molecular flexibility index (Phi) is 10.2. The molecule has 4 rings (SSSR count). The summed E-state index contributed by atoms with van der Waals surface area (Å²) in [5.41, 5.74) is -2.90. The van der Waals surface area contributed by atoms with Crippen LogP contribution >= 0.6 is 7.82 Å². The number of piperazine rings is 1. The van der Waals surface area contributed by atoms with Gasteiger partial charge in [-0.15, -0.1) is 0 Å². The summed E-state index contributed by atoms with van der Waals surface area (Å²) in [6, 6.07) is 10.0. The number of hydrogen-bond donors (Lipinski definition) is 2. The maximum absolute atomic E-state index is 14.0. The summed E-state index contributed by atoms with van der Waals surface area (Å²) < 4.78 is 97.6. The average molecular weight is 689 g/mol. The van der Waals surface area contributed by atoms with E-state index in [1.807, 2.05) is 36.9 Å². The summed E-state index contributed by atoms with van der Waals surface area (Å²) in [5, 5.41) is 0. The van der Waals surface area contributed by atoms with Crippen molar-refractivity contribution in [2.45, 2.75) is 51.5 Å². The van der Waals surface area contributed by atoms with Crippen molar-refractivity contribution in [3.05, 3.63) is 77.0 Å². The molecule has 0 aliphatic carbocycles. The number of amides is 1. The fourth-order valence-electron chi connectivity index (χ4n) is 5.48. The monoisotopic (exact) mass is 688 g/mol. The number of anilines is 2. The second-order valence-corrected chi connectivity index (χ2v) is 13.3. The lowest BCUT2D eigenvalue weighted by molar-refractivity contribution is -0.143. The lowest BCUT2D eigenvalue weighted by Crippen LogP contribution is -2.52. The maximum Gasteiger partial charge on any atom is 0.470 e. The van der Waals surface area contributed by atoms with Gasteiger partial charge in [0.2, 0.25) is 5.91 Å². The molecule has 1 unspecified atom stereocenters. The van der Waals surface area contributed by atoms with Gasteiger partial charge in [0.05, 0.1) is 28.4 Å². The Balaban J connectivity index is 1.72. The quantitative estimate of drug-likeness (QED) is 0.201. The van der Waals surface area contributed by atoms with E-state index in [1.54, 1.807) is 17.0 Å². The van der Waals surface area contributed by atoms with Crippen molar-refractivity contribution >= 4 is 25.2 Å². The highest BCUT2D eigenvalue weighted by molar-refractivity contribution is 7.46. The molecule has 3 aromatic rings. The van der Waals surface area contributed by atoms with Gasteiger partial charge < -0.3 is 19.6 Å². The molecular weight excluding hydrogens is 653 g/mol.